The van der Waals surface area contributed by atoms with Crippen molar-refractivity contribution in [2.45, 2.75) is 33.4 Å². The monoisotopic (exact) mass is 394 g/mol. The van der Waals surface area contributed by atoms with Gasteiger partial charge in [0.2, 0.25) is 5.91 Å². The molecule has 0 spiro atoms. The lowest BCUT2D eigenvalue weighted by atomic mass is 10.2. The minimum absolute atomic E-state index is 0.0537. The Hall–Kier alpha value is -2.93. The van der Waals surface area contributed by atoms with Crippen LogP contribution in [0.1, 0.15) is 25.2 Å². The fraction of sp³-hybridized carbons (Fsp3) is 0.286. The molecule has 4 rings (SSSR count). The second-order valence-electron chi connectivity index (χ2n) is 6.66. The number of carbonyl (C=O) groups is 1. The SMILES string of the molecule is CCc1nn(CC(=O)N(CC)Cc2ccccc2)c(=O)c2cc3sccc3n12. The zero-order valence-electron chi connectivity index (χ0n) is 16.0. The van der Waals surface area contributed by atoms with Crippen molar-refractivity contribution in [2.75, 3.05) is 6.54 Å². The Kier molecular flexibility index (Phi) is 5.00. The van der Waals surface area contributed by atoms with Crippen molar-refractivity contribution in [2.24, 2.45) is 0 Å². The number of benzene rings is 1. The van der Waals surface area contributed by atoms with Crippen molar-refractivity contribution in [3.63, 3.8) is 0 Å². The molecule has 0 radical (unpaired) electrons. The van der Waals surface area contributed by atoms with E-state index in [1.54, 1.807) is 16.2 Å². The molecule has 0 saturated carbocycles. The van der Waals surface area contributed by atoms with Crippen LogP contribution in [0.2, 0.25) is 0 Å². The summed E-state index contributed by atoms with van der Waals surface area (Å²) in [4.78, 5) is 27.6. The number of hydrogen-bond acceptors (Lipinski definition) is 4. The van der Waals surface area contributed by atoms with E-state index >= 15 is 0 Å². The zero-order chi connectivity index (χ0) is 19.7. The smallest absolute Gasteiger partial charge is 0.291 e. The van der Waals surface area contributed by atoms with E-state index in [4.69, 9.17) is 0 Å². The number of fused-ring (bicyclic) bond motifs is 3. The summed E-state index contributed by atoms with van der Waals surface area (Å²) >= 11 is 1.60. The molecule has 0 bridgehead atoms. The van der Waals surface area contributed by atoms with E-state index in [9.17, 15) is 9.59 Å². The third-order valence-electron chi connectivity index (χ3n) is 4.92. The number of thiophene rings is 1. The van der Waals surface area contributed by atoms with Gasteiger partial charge in [0.05, 0.1) is 10.2 Å². The standard InChI is InChI=1S/C21H22N4O2S/c1-3-19-22-24(21(27)17-12-18-16(25(17)19)10-11-28-18)14-20(26)23(4-2)13-15-8-6-5-7-9-15/h5-12H,3-4,13-14H2,1-2H3. The molecule has 144 valence electrons. The topological polar surface area (TPSA) is 59.6 Å². The summed E-state index contributed by atoms with van der Waals surface area (Å²) in [6.07, 6.45) is 0.673. The van der Waals surface area contributed by atoms with E-state index in [1.807, 2.05) is 66.1 Å². The first-order valence-corrected chi connectivity index (χ1v) is 10.3. The van der Waals surface area contributed by atoms with Crippen LogP contribution in [0.25, 0.3) is 15.7 Å². The summed E-state index contributed by atoms with van der Waals surface area (Å²) < 4.78 is 4.28. The molecule has 6 nitrogen and oxygen atoms in total. The summed E-state index contributed by atoms with van der Waals surface area (Å²) in [5.41, 5.74) is 2.41. The highest BCUT2D eigenvalue weighted by Crippen LogP contribution is 2.24. The van der Waals surface area contributed by atoms with Gasteiger partial charge in [0.1, 0.15) is 17.9 Å². The third kappa shape index (κ3) is 3.22. The molecule has 1 aromatic carbocycles. The van der Waals surface area contributed by atoms with Crippen molar-refractivity contribution in [1.29, 1.82) is 0 Å². The van der Waals surface area contributed by atoms with Gasteiger partial charge in [-0.15, -0.1) is 11.3 Å². The molecule has 1 amide bonds. The first-order chi connectivity index (χ1) is 13.6. The maximum absolute atomic E-state index is 13.0. The second kappa shape index (κ2) is 7.59. The molecule has 0 aliphatic heterocycles. The van der Waals surface area contributed by atoms with Crippen molar-refractivity contribution in [3.05, 3.63) is 69.6 Å². The largest absolute Gasteiger partial charge is 0.337 e. The normalized spacial score (nSPS) is 11.4. The number of carbonyl (C=O) groups excluding carboxylic acids is 1. The van der Waals surface area contributed by atoms with Gasteiger partial charge >= 0.3 is 0 Å². The Bertz CT molecular complexity index is 1190. The molecule has 0 saturated heterocycles. The van der Waals surface area contributed by atoms with Crippen molar-refractivity contribution in [1.82, 2.24) is 19.1 Å². The highest BCUT2D eigenvalue weighted by molar-refractivity contribution is 7.17. The maximum Gasteiger partial charge on any atom is 0.291 e. The predicted octanol–water partition coefficient (Wildman–Crippen LogP) is 3.32. The molecule has 0 unspecified atom stereocenters. The Morgan fingerprint density at radius 1 is 1.14 bits per heavy atom. The first-order valence-electron chi connectivity index (χ1n) is 9.42. The molecule has 0 atom stereocenters. The number of aryl methyl sites for hydroxylation is 1. The van der Waals surface area contributed by atoms with Crippen molar-refractivity contribution < 1.29 is 4.79 Å². The Morgan fingerprint density at radius 3 is 2.64 bits per heavy atom. The van der Waals surface area contributed by atoms with Gasteiger partial charge in [0, 0.05) is 19.5 Å². The number of hydrogen-bond donors (Lipinski definition) is 0. The van der Waals surface area contributed by atoms with Gasteiger partial charge in [-0.25, -0.2) is 4.68 Å². The molecular weight excluding hydrogens is 372 g/mol. The summed E-state index contributed by atoms with van der Waals surface area (Å²) in [5.74, 6) is 0.669. The molecule has 0 N–H and O–H groups in total. The fourth-order valence-electron chi connectivity index (χ4n) is 3.47. The molecule has 3 aromatic heterocycles. The summed E-state index contributed by atoms with van der Waals surface area (Å²) in [7, 11) is 0. The quantitative estimate of drug-likeness (QED) is 0.504. The summed E-state index contributed by atoms with van der Waals surface area (Å²) in [6.45, 7) is 4.99. The molecule has 7 heteroatoms. The molecular formula is C21H22N4O2S. The van der Waals surface area contributed by atoms with Gasteiger partial charge < -0.3 is 4.90 Å². The van der Waals surface area contributed by atoms with Gasteiger partial charge in [0.25, 0.3) is 5.56 Å². The van der Waals surface area contributed by atoms with E-state index in [0.717, 1.165) is 21.6 Å². The van der Waals surface area contributed by atoms with E-state index in [-0.39, 0.29) is 18.0 Å². The van der Waals surface area contributed by atoms with Crippen LogP contribution in [-0.4, -0.2) is 31.5 Å². The lowest BCUT2D eigenvalue weighted by Gasteiger charge is -2.21. The van der Waals surface area contributed by atoms with E-state index in [1.165, 1.54) is 4.68 Å². The lowest BCUT2D eigenvalue weighted by Crippen LogP contribution is -2.38. The summed E-state index contributed by atoms with van der Waals surface area (Å²) in [5, 5.41) is 6.52. The highest BCUT2D eigenvalue weighted by atomic mass is 32.1. The average molecular weight is 395 g/mol. The molecule has 0 aliphatic carbocycles. The van der Waals surface area contributed by atoms with E-state index in [0.29, 0.717) is 25.0 Å². The van der Waals surface area contributed by atoms with Crippen LogP contribution < -0.4 is 5.56 Å². The maximum atomic E-state index is 13.0. The molecule has 0 fully saturated rings. The van der Waals surface area contributed by atoms with Crippen molar-refractivity contribution in [3.8, 4) is 0 Å². The molecule has 28 heavy (non-hydrogen) atoms. The van der Waals surface area contributed by atoms with Gasteiger partial charge in [0.15, 0.2) is 0 Å². The highest BCUT2D eigenvalue weighted by Gasteiger charge is 2.18. The Balaban J connectivity index is 1.67. The minimum atomic E-state index is -0.232. The van der Waals surface area contributed by atoms with Crippen LogP contribution in [0.4, 0.5) is 0 Å². The first kappa shape index (κ1) is 18.4. The summed E-state index contributed by atoms with van der Waals surface area (Å²) in [6, 6.07) is 13.8. The average Bonchev–Trinajstić information content (AvgIpc) is 3.30. The number of likely N-dealkylation sites (N-methyl/N-ethyl adjacent to an activating group) is 1. The van der Waals surface area contributed by atoms with E-state index in [2.05, 4.69) is 5.10 Å². The van der Waals surface area contributed by atoms with Crippen LogP contribution in [-0.2, 0) is 24.3 Å². The van der Waals surface area contributed by atoms with Crippen molar-refractivity contribution >= 4 is 33.0 Å². The zero-order valence-corrected chi connectivity index (χ0v) is 16.8. The van der Waals surface area contributed by atoms with Crippen LogP contribution in [0.5, 0.6) is 0 Å². The number of rotatable bonds is 6. The van der Waals surface area contributed by atoms with E-state index < -0.39 is 0 Å². The Morgan fingerprint density at radius 2 is 1.93 bits per heavy atom. The fourth-order valence-corrected chi connectivity index (χ4v) is 4.27. The van der Waals surface area contributed by atoms with Gasteiger partial charge in [-0.1, -0.05) is 37.3 Å². The van der Waals surface area contributed by atoms with Crippen LogP contribution in [0, 0.1) is 0 Å². The third-order valence-corrected chi connectivity index (χ3v) is 5.78. The second-order valence-corrected chi connectivity index (χ2v) is 7.61. The van der Waals surface area contributed by atoms with Crippen LogP contribution in [0.15, 0.2) is 52.6 Å². The number of amides is 1. The predicted molar refractivity (Wildman–Crippen MR) is 112 cm³/mol. The Labute approximate surface area is 166 Å². The van der Waals surface area contributed by atoms with Gasteiger partial charge in [-0.2, -0.15) is 5.10 Å². The van der Waals surface area contributed by atoms with Crippen LogP contribution in [0.3, 0.4) is 0 Å². The van der Waals surface area contributed by atoms with Gasteiger partial charge in [-0.05, 0) is 30.0 Å². The number of nitrogens with zero attached hydrogens (tertiary/aromatic N) is 4. The molecule has 0 aliphatic rings. The molecule has 4 aromatic rings. The lowest BCUT2D eigenvalue weighted by molar-refractivity contribution is -0.132. The minimum Gasteiger partial charge on any atom is -0.337 e. The van der Waals surface area contributed by atoms with Gasteiger partial charge in [-0.3, -0.25) is 14.0 Å². The number of aromatic nitrogens is 3. The van der Waals surface area contributed by atoms with Crippen LogP contribution >= 0.6 is 11.3 Å². The molecule has 3 heterocycles.